The fraction of sp³-hybridized carbons (Fsp3) is 0.143. The Morgan fingerprint density at radius 2 is 0.396 bits per heavy atom. The van der Waals surface area contributed by atoms with Gasteiger partial charge < -0.3 is 30.6 Å². The summed E-state index contributed by atoms with van der Waals surface area (Å²) in [5, 5.41) is 61.2. The van der Waals surface area contributed by atoms with Gasteiger partial charge in [-0.05, 0) is 119 Å². The summed E-state index contributed by atoms with van der Waals surface area (Å²) >= 11 is 0. The van der Waals surface area contributed by atoms with Crippen LogP contribution in [0.5, 0.6) is 34.5 Å². The number of phenols is 6. The van der Waals surface area contributed by atoms with Crippen molar-refractivity contribution in [3.63, 3.8) is 0 Å². The van der Waals surface area contributed by atoms with Crippen molar-refractivity contribution in [3.05, 3.63) is 179 Å². The summed E-state index contributed by atoms with van der Waals surface area (Å²) in [7, 11) is 0. The molecule has 0 bridgehead atoms. The monoisotopic (exact) mass is 638 g/mol. The van der Waals surface area contributed by atoms with E-state index in [0.29, 0.717) is 12.8 Å². The molecule has 0 radical (unpaired) electrons. The first-order valence-corrected chi connectivity index (χ1v) is 16.0. The second-order valence-electron chi connectivity index (χ2n) is 12.3. The molecule has 0 atom stereocenters. The molecule has 0 aromatic heterocycles. The Hall–Kier alpha value is -5.88. The Bertz CT molecular complexity index is 1560. The van der Waals surface area contributed by atoms with Crippen LogP contribution in [0.3, 0.4) is 0 Å². The van der Waals surface area contributed by atoms with Crippen LogP contribution in [0.4, 0.5) is 0 Å². The summed E-state index contributed by atoms with van der Waals surface area (Å²) in [5.41, 5.74) is 4.37. The molecule has 0 saturated carbocycles. The van der Waals surface area contributed by atoms with Gasteiger partial charge in [0.2, 0.25) is 0 Å². The molecule has 0 aliphatic rings. The first-order valence-electron chi connectivity index (χ1n) is 16.0. The molecule has 0 aliphatic heterocycles. The molecule has 48 heavy (non-hydrogen) atoms. The van der Waals surface area contributed by atoms with Gasteiger partial charge in [-0.15, -0.1) is 0 Å². The molecule has 6 N–H and O–H groups in total. The smallest absolute Gasteiger partial charge is 0.115 e. The van der Waals surface area contributed by atoms with Gasteiger partial charge >= 0.3 is 0 Å². The van der Waals surface area contributed by atoms with Crippen molar-refractivity contribution in [2.45, 2.75) is 36.5 Å². The zero-order chi connectivity index (χ0) is 33.7. The van der Waals surface area contributed by atoms with E-state index in [1.807, 2.05) is 72.8 Å². The van der Waals surface area contributed by atoms with Crippen molar-refractivity contribution < 1.29 is 30.6 Å². The number of rotatable bonds is 11. The molecule has 0 unspecified atom stereocenters. The van der Waals surface area contributed by atoms with Gasteiger partial charge in [-0.2, -0.15) is 0 Å². The first kappa shape index (κ1) is 32.1. The van der Waals surface area contributed by atoms with Crippen molar-refractivity contribution in [1.29, 1.82) is 0 Å². The predicted molar refractivity (Wildman–Crippen MR) is 187 cm³/mol. The Labute approximate surface area is 280 Å². The number of unbranched alkanes of at least 4 members (excludes halogenated alkanes) is 1. The van der Waals surface area contributed by atoms with Gasteiger partial charge in [-0.25, -0.2) is 0 Å². The largest absolute Gasteiger partial charge is 0.508 e. The van der Waals surface area contributed by atoms with Crippen molar-refractivity contribution in [1.82, 2.24) is 0 Å². The fourth-order valence-corrected chi connectivity index (χ4v) is 7.12. The highest BCUT2D eigenvalue weighted by Gasteiger charge is 2.39. The van der Waals surface area contributed by atoms with E-state index in [2.05, 4.69) is 0 Å². The molecule has 0 amide bonds. The van der Waals surface area contributed by atoms with Gasteiger partial charge in [-0.1, -0.05) is 85.6 Å². The Morgan fingerprint density at radius 3 is 0.542 bits per heavy atom. The SMILES string of the molecule is Oc1ccc(C(CCCCC(c2ccc(O)cc2)(c2ccc(O)cc2)c2ccc(O)cc2)(c2ccc(O)cc2)c2ccc(O)cc2)cc1. The maximum Gasteiger partial charge on any atom is 0.115 e. The molecule has 0 saturated heterocycles. The van der Waals surface area contributed by atoms with E-state index in [1.165, 1.54) is 0 Å². The Kier molecular flexibility index (Phi) is 9.00. The molecule has 0 aliphatic carbocycles. The summed E-state index contributed by atoms with van der Waals surface area (Å²) in [6.45, 7) is 0. The minimum atomic E-state index is -0.687. The zero-order valence-corrected chi connectivity index (χ0v) is 26.4. The summed E-state index contributed by atoms with van der Waals surface area (Å²) in [5.74, 6) is 0.947. The lowest BCUT2D eigenvalue weighted by Crippen LogP contribution is -2.31. The van der Waals surface area contributed by atoms with E-state index in [-0.39, 0.29) is 34.5 Å². The lowest BCUT2D eigenvalue weighted by Gasteiger charge is -2.38. The molecule has 0 heterocycles. The van der Waals surface area contributed by atoms with Gasteiger partial charge in [-0.3, -0.25) is 0 Å². The molecule has 6 heteroatoms. The van der Waals surface area contributed by atoms with Crippen LogP contribution in [0.1, 0.15) is 59.1 Å². The van der Waals surface area contributed by atoms with Crippen LogP contribution < -0.4 is 0 Å². The second kappa shape index (κ2) is 13.5. The Balaban J connectivity index is 1.45. The van der Waals surface area contributed by atoms with Crippen molar-refractivity contribution in [2.75, 3.05) is 0 Å². The number of hydrogen-bond donors (Lipinski definition) is 6. The summed E-state index contributed by atoms with van der Waals surface area (Å²) in [4.78, 5) is 0. The number of phenolic OH excluding ortho intramolecular Hbond substituents is 6. The van der Waals surface area contributed by atoms with Crippen molar-refractivity contribution in [3.8, 4) is 34.5 Å². The van der Waals surface area contributed by atoms with Gasteiger partial charge in [0, 0.05) is 10.8 Å². The molecule has 6 aromatic carbocycles. The minimum absolute atomic E-state index is 0.158. The van der Waals surface area contributed by atoms with Crippen LogP contribution in [-0.4, -0.2) is 30.6 Å². The molecule has 6 nitrogen and oxygen atoms in total. The average Bonchev–Trinajstić information content (AvgIpc) is 3.10. The average molecular weight is 639 g/mol. The number of hydrogen-bond acceptors (Lipinski definition) is 6. The van der Waals surface area contributed by atoms with E-state index < -0.39 is 10.8 Å². The maximum absolute atomic E-state index is 10.2. The van der Waals surface area contributed by atoms with Gasteiger partial charge in [0.1, 0.15) is 34.5 Å². The van der Waals surface area contributed by atoms with E-state index in [1.54, 1.807) is 72.8 Å². The van der Waals surface area contributed by atoms with Crippen LogP contribution in [-0.2, 0) is 10.8 Å². The fourth-order valence-electron chi connectivity index (χ4n) is 7.12. The normalized spacial score (nSPS) is 11.8. The summed E-state index contributed by atoms with van der Waals surface area (Å²) in [6, 6.07) is 43.2. The molecule has 242 valence electrons. The van der Waals surface area contributed by atoms with Gasteiger partial charge in [0.15, 0.2) is 0 Å². The molecule has 6 rings (SSSR count). The highest BCUT2D eigenvalue weighted by Crippen LogP contribution is 2.48. The van der Waals surface area contributed by atoms with E-state index >= 15 is 0 Å². The number of aromatic hydroxyl groups is 6. The molecule has 6 aromatic rings. The standard InChI is InChI=1S/C42H38O6/c43-35-15-3-29(4-16-35)41(30-5-17-36(44)18-6-30,31-7-19-37(45)20-8-31)27-1-2-28-42(32-9-21-38(46)22-10-32,33-11-23-39(47)24-12-33)34-13-25-40(48)26-14-34/h3-26,43-48H,1-2,27-28H2. The maximum atomic E-state index is 10.2. The molecular formula is C42H38O6. The third-order valence-corrected chi connectivity index (χ3v) is 9.51. The van der Waals surface area contributed by atoms with E-state index in [4.69, 9.17) is 0 Å². The Morgan fingerprint density at radius 1 is 0.250 bits per heavy atom. The van der Waals surface area contributed by atoms with Crippen molar-refractivity contribution >= 4 is 0 Å². The highest BCUT2D eigenvalue weighted by molar-refractivity contribution is 5.54. The summed E-state index contributed by atoms with van der Waals surface area (Å²) in [6.07, 6.45) is 2.81. The van der Waals surface area contributed by atoms with Gasteiger partial charge in [0.25, 0.3) is 0 Å². The molecule has 0 fully saturated rings. The minimum Gasteiger partial charge on any atom is -0.508 e. The lowest BCUT2D eigenvalue weighted by molar-refractivity contribution is 0.452. The second-order valence-corrected chi connectivity index (χ2v) is 12.3. The molecular weight excluding hydrogens is 600 g/mol. The van der Waals surface area contributed by atoms with Crippen LogP contribution in [0, 0.1) is 0 Å². The molecule has 0 spiro atoms. The van der Waals surface area contributed by atoms with Crippen molar-refractivity contribution in [2.24, 2.45) is 0 Å². The predicted octanol–water partition coefficient (Wildman–Crippen LogP) is 8.85. The van der Waals surface area contributed by atoms with Crippen LogP contribution in [0.15, 0.2) is 146 Å². The van der Waals surface area contributed by atoms with Crippen LogP contribution in [0.25, 0.3) is 0 Å². The highest BCUT2D eigenvalue weighted by atomic mass is 16.3. The van der Waals surface area contributed by atoms with E-state index in [9.17, 15) is 30.6 Å². The lowest BCUT2D eigenvalue weighted by atomic mass is 9.64. The van der Waals surface area contributed by atoms with Crippen LogP contribution >= 0.6 is 0 Å². The van der Waals surface area contributed by atoms with E-state index in [0.717, 1.165) is 46.2 Å². The third kappa shape index (κ3) is 6.25. The quantitative estimate of drug-likeness (QED) is 0.0623. The van der Waals surface area contributed by atoms with Gasteiger partial charge in [0.05, 0.1) is 0 Å². The zero-order valence-electron chi connectivity index (χ0n) is 26.4. The third-order valence-electron chi connectivity index (χ3n) is 9.51. The van der Waals surface area contributed by atoms with Crippen LogP contribution in [0.2, 0.25) is 0 Å². The summed E-state index contributed by atoms with van der Waals surface area (Å²) < 4.78 is 0. The first-order chi connectivity index (χ1) is 23.2. The topological polar surface area (TPSA) is 121 Å². The number of benzene rings is 6.